The van der Waals surface area contributed by atoms with Gasteiger partial charge in [-0.2, -0.15) is 5.10 Å². The summed E-state index contributed by atoms with van der Waals surface area (Å²) in [5.41, 5.74) is 5.66. The van der Waals surface area contributed by atoms with Gasteiger partial charge < -0.3 is 9.64 Å². The van der Waals surface area contributed by atoms with Crippen molar-refractivity contribution >= 4 is 17.8 Å². The first kappa shape index (κ1) is 18.5. The third kappa shape index (κ3) is 5.95. The highest BCUT2D eigenvalue weighted by molar-refractivity contribution is 5.83. The zero-order valence-corrected chi connectivity index (χ0v) is 15.0. The fourth-order valence-electron chi connectivity index (χ4n) is 2.43. The summed E-state index contributed by atoms with van der Waals surface area (Å²) in [6, 6.07) is 15.6. The number of hydrogen-bond acceptors (Lipinski definition) is 4. The average molecular weight is 339 g/mol. The molecule has 0 aromatic heterocycles. The SMILES string of the molecule is CCN(CC)c1ccc(/C=N\NC(=O)COc2cccc(C)c2)cc1. The molecule has 0 saturated carbocycles. The Kier molecular flexibility index (Phi) is 7.01. The van der Waals surface area contributed by atoms with Gasteiger partial charge >= 0.3 is 0 Å². The standard InChI is InChI=1S/C20H25N3O2/c1-4-23(5-2)18-11-9-17(10-12-18)14-21-22-20(24)15-25-19-8-6-7-16(3)13-19/h6-14H,4-5,15H2,1-3H3,(H,22,24)/b21-14-. The summed E-state index contributed by atoms with van der Waals surface area (Å²) in [6.45, 7) is 8.12. The van der Waals surface area contributed by atoms with Crippen LogP contribution < -0.4 is 15.1 Å². The molecule has 132 valence electrons. The maximum atomic E-state index is 11.8. The van der Waals surface area contributed by atoms with E-state index in [4.69, 9.17) is 4.74 Å². The number of carbonyl (C=O) groups is 1. The summed E-state index contributed by atoms with van der Waals surface area (Å²) in [7, 11) is 0. The molecule has 0 spiro atoms. The summed E-state index contributed by atoms with van der Waals surface area (Å²) in [4.78, 5) is 14.0. The Morgan fingerprint density at radius 1 is 1.16 bits per heavy atom. The van der Waals surface area contributed by atoms with Crippen LogP contribution in [0.15, 0.2) is 53.6 Å². The third-order valence-corrected chi connectivity index (χ3v) is 3.78. The second-order valence-electron chi connectivity index (χ2n) is 5.66. The van der Waals surface area contributed by atoms with Crippen LogP contribution in [0.3, 0.4) is 0 Å². The molecule has 2 aromatic carbocycles. The van der Waals surface area contributed by atoms with Crippen LogP contribution in [0.5, 0.6) is 5.75 Å². The molecule has 0 aliphatic rings. The number of anilines is 1. The minimum Gasteiger partial charge on any atom is -0.484 e. The van der Waals surface area contributed by atoms with Gasteiger partial charge in [-0.15, -0.1) is 0 Å². The lowest BCUT2D eigenvalue weighted by molar-refractivity contribution is -0.123. The van der Waals surface area contributed by atoms with Crippen molar-refractivity contribution in [3.8, 4) is 5.75 Å². The van der Waals surface area contributed by atoms with Gasteiger partial charge in [0, 0.05) is 18.8 Å². The van der Waals surface area contributed by atoms with Gasteiger partial charge in [0.05, 0.1) is 6.21 Å². The van der Waals surface area contributed by atoms with Crippen molar-refractivity contribution in [2.45, 2.75) is 20.8 Å². The molecule has 0 aliphatic heterocycles. The van der Waals surface area contributed by atoms with E-state index >= 15 is 0 Å². The Morgan fingerprint density at radius 3 is 2.52 bits per heavy atom. The molecule has 25 heavy (non-hydrogen) atoms. The predicted octanol–water partition coefficient (Wildman–Crippen LogP) is 3.37. The molecule has 0 fully saturated rings. The Hall–Kier alpha value is -2.82. The van der Waals surface area contributed by atoms with Crippen LogP contribution in [-0.4, -0.2) is 31.8 Å². The summed E-state index contributed by atoms with van der Waals surface area (Å²) in [5, 5.41) is 3.97. The Balaban J connectivity index is 1.80. The number of nitrogens with zero attached hydrogens (tertiary/aromatic N) is 2. The van der Waals surface area contributed by atoms with Crippen molar-refractivity contribution < 1.29 is 9.53 Å². The van der Waals surface area contributed by atoms with E-state index in [0.717, 1.165) is 24.2 Å². The van der Waals surface area contributed by atoms with Gasteiger partial charge in [0.15, 0.2) is 6.61 Å². The molecule has 0 heterocycles. The number of ether oxygens (including phenoxy) is 1. The molecule has 2 rings (SSSR count). The molecule has 0 atom stereocenters. The number of rotatable bonds is 8. The van der Waals surface area contributed by atoms with Crippen molar-refractivity contribution in [2.24, 2.45) is 5.10 Å². The van der Waals surface area contributed by atoms with E-state index in [0.29, 0.717) is 5.75 Å². The van der Waals surface area contributed by atoms with E-state index in [-0.39, 0.29) is 12.5 Å². The van der Waals surface area contributed by atoms with E-state index in [1.54, 1.807) is 6.21 Å². The molecular weight excluding hydrogens is 314 g/mol. The monoisotopic (exact) mass is 339 g/mol. The summed E-state index contributed by atoms with van der Waals surface area (Å²) in [6.07, 6.45) is 1.62. The lowest BCUT2D eigenvalue weighted by atomic mass is 10.2. The van der Waals surface area contributed by atoms with E-state index < -0.39 is 0 Å². The van der Waals surface area contributed by atoms with Crippen molar-refractivity contribution in [3.05, 3.63) is 59.7 Å². The first-order valence-electron chi connectivity index (χ1n) is 8.48. The maximum Gasteiger partial charge on any atom is 0.277 e. The first-order valence-corrected chi connectivity index (χ1v) is 8.48. The van der Waals surface area contributed by atoms with Crippen LogP contribution in [0.25, 0.3) is 0 Å². The highest BCUT2D eigenvalue weighted by Gasteiger charge is 2.02. The third-order valence-electron chi connectivity index (χ3n) is 3.78. The Bertz CT molecular complexity index is 707. The van der Waals surface area contributed by atoms with Gasteiger partial charge in [-0.05, 0) is 56.2 Å². The van der Waals surface area contributed by atoms with Gasteiger partial charge in [-0.1, -0.05) is 24.3 Å². The molecule has 1 amide bonds. The normalized spacial score (nSPS) is 10.7. The van der Waals surface area contributed by atoms with E-state index in [2.05, 4.69) is 41.4 Å². The van der Waals surface area contributed by atoms with Crippen LogP contribution in [0.4, 0.5) is 5.69 Å². The van der Waals surface area contributed by atoms with Crippen LogP contribution in [0.1, 0.15) is 25.0 Å². The quantitative estimate of drug-likeness (QED) is 0.593. The van der Waals surface area contributed by atoms with Gasteiger partial charge in [0.25, 0.3) is 5.91 Å². The van der Waals surface area contributed by atoms with Crippen molar-refractivity contribution in [1.82, 2.24) is 5.43 Å². The van der Waals surface area contributed by atoms with Crippen molar-refractivity contribution in [3.63, 3.8) is 0 Å². The van der Waals surface area contributed by atoms with E-state index in [1.807, 2.05) is 43.3 Å². The minimum atomic E-state index is -0.294. The molecule has 0 unspecified atom stereocenters. The lowest BCUT2D eigenvalue weighted by Crippen LogP contribution is -2.24. The zero-order valence-electron chi connectivity index (χ0n) is 15.0. The van der Waals surface area contributed by atoms with Gasteiger partial charge in [-0.25, -0.2) is 5.43 Å². The molecule has 2 aromatic rings. The van der Waals surface area contributed by atoms with Gasteiger partial charge in [0.2, 0.25) is 0 Å². The predicted molar refractivity (Wildman–Crippen MR) is 102 cm³/mol. The smallest absolute Gasteiger partial charge is 0.277 e. The highest BCUT2D eigenvalue weighted by Crippen LogP contribution is 2.14. The molecule has 0 aliphatic carbocycles. The molecule has 1 N–H and O–H groups in total. The molecule has 5 nitrogen and oxygen atoms in total. The topological polar surface area (TPSA) is 53.9 Å². The summed E-state index contributed by atoms with van der Waals surface area (Å²) in [5.74, 6) is 0.378. The Labute approximate surface area is 149 Å². The number of amides is 1. The molecule has 0 saturated heterocycles. The lowest BCUT2D eigenvalue weighted by Gasteiger charge is -2.20. The summed E-state index contributed by atoms with van der Waals surface area (Å²) < 4.78 is 5.43. The highest BCUT2D eigenvalue weighted by atomic mass is 16.5. The molecule has 5 heteroatoms. The van der Waals surface area contributed by atoms with Crippen LogP contribution in [-0.2, 0) is 4.79 Å². The second-order valence-corrected chi connectivity index (χ2v) is 5.66. The zero-order chi connectivity index (χ0) is 18.1. The number of nitrogens with one attached hydrogen (secondary N) is 1. The van der Waals surface area contributed by atoms with Crippen molar-refractivity contribution in [1.29, 1.82) is 0 Å². The van der Waals surface area contributed by atoms with Crippen LogP contribution in [0.2, 0.25) is 0 Å². The van der Waals surface area contributed by atoms with Crippen LogP contribution in [0, 0.1) is 6.92 Å². The number of aryl methyl sites for hydroxylation is 1. The number of benzene rings is 2. The van der Waals surface area contributed by atoms with E-state index in [9.17, 15) is 4.79 Å². The van der Waals surface area contributed by atoms with Crippen LogP contribution >= 0.6 is 0 Å². The molecular formula is C20H25N3O2. The fraction of sp³-hybridized carbons (Fsp3) is 0.300. The second kappa shape index (κ2) is 9.47. The molecule has 0 radical (unpaired) electrons. The fourth-order valence-corrected chi connectivity index (χ4v) is 2.43. The van der Waals surface area contributed by atoms with Gasteiger partial charge in [0.1, 0.15) is 5.75 Å². The number of carbonyl (C=O) groups excluding carboxylic acids is 1. The first-order chi connectivity index (χ1) is 12.1. The van der Waals surface area contributed by atoms with E-state index in [1.165, 1.54) is 5.69 Å². The number of hydrazone groups is 1. The maximum absolute atomic E-state index is 11.8. The molecule has 0 bridgehead atoms. The average Bonchev–Trinajstić information content (AvgIpc) is 2.62. The minimum absolute atomic E-state index is 0.0678. The summed E-state index contributed by atoms with van der Waals surface area (Å²) >= 11 is 0. The largest absolute Gasteiger partial charge is 0.484 e. The number of hydrogen-bond donors (Lipinski definition) is 1. The van der Waals surface area contributed by atoms with Gasteiger partial charge in [-0.3, -0.25) is 4.79 Å². The van der Waals surface area contributed by atoms with Crippen molar-refractivity contribution in [2.75, 3.05) is 24.6 Å². The Morgan fingerprint density at radius 2 is 1.88 bits per heavy atom.